The van der Waals surface area contributed by atoms with Gasteiger partial charge in [0.1, 0.15) is 0 Å². The Morgan fingerprint density at radius 2 is 2.22 bits per heavy atom. The van der Waals surface area contributed by atoms with Crippen molar-refractivity contribution in [1.82, 2.24) is 0 Å². The molecule has 1 nitrogen and oxygen atoms in total. The van der Waals surface area contributed by atoms with Gasteiger partial charge in [-0.25, -0.2) is 0 Å². The molecule has 0 aliphatic carbocycles. The minimum atomic E-state index is -0.426. The average Bonchev–Trinajstić information content (AvgIpc) is 1.78. The van der Waals surface area contributed by atoms with E-state index in [-0.39, 0.29) is 0 Å². The van der Waals surface area contributed by atoms with Gasteiger partial charge >= 0.3 is 0 Å². The topological polar surface area (TPSA) is 17.1 Å². The summed E-state index contributed by atoms with van der Waals surface area (Å²) >= 11 is 0. The van der Waals surface area contributed by atoms with Gasteiger partial charge < -0.3 is 0 Å². The smallest absolute Gasteiger partial charge is 0.0272 e. The van der Waals surface area contributed by atoms with Crippen LogP contribution >= 0.6 is 0 Å². The molecule has 0 spiro atoms. The Morgan fingerprint density at radius 1 is 1.56 bits per heavy atom. The van der Waals surface area contributed by atoms with Crippen molar-refractivity contribution in [2.45, 2.75) is 26.2 Å². The van der Waals surface area contributed by atoms with Crippen LogP contribution in [-0.4, -0.2) is 15.7 Å². The fourth-order valence-corrected chi connectivity index (χ4v) is 2.42. The van der Waals surface area contributed by atoms with Crippen LogP contribution in [0.2, 0.25) is 0 Å². The molecule has 1 rings (SSSR count). The van der Waals surface area contributed by atoms with Crippen molar-refractivity contribution in [1.29, 1.82) is 0 Å². The molecule has 0 aromatic carbocycles. The average molecular weight is 146 g/mol. The zero-order valence-electron chi connectivity index (χ0n) is 5.93. The first kappa shape index (κ1) is 7.26. The fraction of sp³-hybridized carbons (Fsp3) is 1.00. The van der Waals surface area contributed by atoms with Gasteiger partial charge in [-0.2, -0.15) is 0 Å². The Hall–Kier alpha value is 0.150. The third-order valence-corrected chi connectivity index (χ3v) is 3.50. The molecule has 1 saturated heterocycles. The van der Waals surface area contributed by atoms with Crippen molar-refractivity contribution in [3.8, 4) is 0 Å². The molecular weight excluding hydrogens is 132 g/mol. The molecule has 0 unspecified atom stereocenters. The Kier molecular flexibility index (Phi) is 2.70. The number of rotatable bonds is 3. The van der Waals surface area contributed by atoms with Crippen LogP contribution in [0.3, 0.4) is 0 Å². The molecule has 1 aliphatic rings. The Bertz CT molecular complexity index is 103. The first-order valence-corrected chi connectivity index (χ1v) is 5.16. The van der Waals surface area contributed by atoms with Crippen LogP contribution in [0.1, 0.15) is 26.2 Å². The van der Waals surface area contributed by atoms with Crippen LogP contribution < -0.4 is 0 Å². The number of hydrogen-bond acceptors (Lipinski definition) is 1. The molecule has 9 heavy (non-hydrogen) atoms. The maximum Gasteiger partial charge on any atom is 0.0272 e. The summed E-state index contributed by atoms with van der Waals surface area (Å²) in [5.74, 6) is 2.78. The van der Waals surface area contributed by atoms with E-state index < -0.39 is 10.8 Å². The highest BCUT2D eigenvalue weighted by Crippen LogP contribution is 2.19. The minimum absolute atomic E-state index is 0.426. The first-order valence-electron chi connectivity index (χ1n) is 3.68. The van der Waals surface area contributed by atoms with Crippen LogP contribution in [0, 0.1) is 5.92 Å². The zero-order valence-corrected chi connectivity index (χ0v) is 6.75. The van der Waals surface area contributed by atoms with Crippen LogP contribution in [0.5, 0.6) is 0 Å². The van der Waals surface area contributed by atoms with Gasteiger partial charge in [0.25, 0.3) is 0 Å². The second-order valence-electron chi connectivity index (χ2n) is 2.78. The van der Waals surface area contributed by atoms with E-state index in [0.29, 0.717) is 0 Å². The van der Waals surface area contributed by atoms with E-state index in [1.54, 1.807) is 0 Å². The zero-order chi connectivity index (χ0) is 6.69. The van der Waals surface area contributed by atoms with Crippen LogP contribution in [0.15, 0.2) is 0 Å². The Labute approximate surface area is 59.3 Å². The molecule has 0 atom stereocenters. The predicted octanol–water partition coefficient (Wildman–Crippen LogP) is 1.56. The SMILES string of the molecule is CCCCC1CS(=O)C1. The van der Waals surface area contributed by atoms with Crippen molar-refractivity contribution < 1.29 is 4.21 Å². The molecule has 0 N–H and O–H groups in total. The van der Waals surface area contributed by atoms with Crippen molar-refractivity contribution >= 4 is 10.8 Å². The highest BCUT2D eigenvalue weighted by molar-refractivity contribution is 7.86. The van der Waals surface area contributed by atoms with Crippen molar-refractivity contribution in [3.05, 3.63) is 0 Å². The lowest BCUT2D eigenvalue weighted by Crippen LogP contribution is -2.30. The molecular formula is C7H14OS. The standard InChI is InChI=1S/C7H14OS/c1-2-3-4-7-5-9(8)6-7/h7H,2-6H2,1H3. The lowest BCUT2D eigenvalue weighted by molar-refractivity contribution is 0.520. The van der Waals surface area contributed by atoms with Crippen LogP contribution in [-0.2, 0) is 10.8 Å². The summed E-state index contributed by atoms with van der Waals surface area (Å²) in [6.45, 7) is 2.20. The van der Waals surface area contributed by atoms with Gasteiger partial charge in [0, 0.05) is 22.3 Å². The molecule has 54 valence electrons. The summed E-state index contributed by atoms with van der Waals surface area (Å²) in [7, 11) is -0.426. The van der Waals surface area contributed by atoms with Gasteiger partial charge in [-0.3, -0.25) is 4.21 Å². The predicted molar refractivity (Wildman–Crippen MR) is 40.9 cm³/mol. The second-order valence-corrected chi connectivity index (χ2v) is 4.33. The minimum Gasteiger partial charge on any atom is -0.260 e. The highest BCUT2D eigenvalue weighted by atomic mass is 32.2. The van der Waals surface area contributed by atoms with Gasteiger partial charge in [0.15, 0.2) is 0 Å². The third-order valence-electron chi connectivity index (χ3n) is 1.81. The van der Waals surface area contributed by atoms with Gasteiger partial charge in [-0.05, 0) is 12.3 Å². The summed E-state index contributed by atoms with van der Waals surface area (Å²) in [4.78, 5) is 0. The molecule has 0 bridgehead atoms. The van der Waals surface area contributed by atoms with Crippen LogP contribution in [0.25, 0.3) is 0 Å². The Morgan fingerprint density at radius 3 is 2.67 bits per heavy atom. The molecule has 2 heteroatoms. The van der Waals surface area contributed by atoms with E-state index in [1.165, 1.54) is 19.3 Å². The molecule has 0 aromatic heterocycles. The maximum atomic E-state index is 10.6. The largest absolute Gasteiger partial charge is 0.260 e. The lowest BCUT2D eigenvalue weighted by Gasteiger charge is -2.24. The summed E-state index contributed by atoms with van der Waals surface area (Å²) in [6.07, 6.45) is 3.91. The molecule has 1 aliphatic heterocycles. The lowest BCUT2D eigenvalue weighted by atomic mass is 10.1. The highest BCUT2D eigenvalue weighted by Gasteiger charge is 2.23. The summed E-state index contributed by atoms with van der Waals surface area (Å²) in [5, 5.41) is 0. The van der Waals surface area contributed by atoms with E-state index in [2.05, 4.69) is 6.92 Å². The van der Waals surface area contributed by atoms with Gasteiger partial charge in [0.05, 0.1) is 0 Å². The van der Waals surface area contributed by atoms with Gasteiger partial charge in [-0.1, -0.05) is 19.8 Å². The van der Waals surface area contributed by atoms with E-state index in [1.807, 2.05) is 0 Å². The van der Waals surface area contributed by atoms with Crippen molar-refractivity contribution in [3.63, 3.8) is 0 Å². The third kappa shape index (κ3) is 2.09. The first-order chi connectivity index (χ1) is 4.33. The van der Waals surface area contributed by atoms with E-state index >= 15 is 0 Å². The summed E-state index contributed by atoms with van der Waals surface area (Å²) in [5.41, 5.74) is 0. The van der Waals surface area contributed by atoms with E-state index in [4.69, 9.17) is 0 Å². The second kappa shape index (κ2) is 3.35. The summed E-state index contributed by atoms with van der Waals surface area (Å²) < 4.78 is 10.6. The normalized spacial score (nSPS) is 33.9. The number of unbranched alkanes of at least 4 members (excludes halogenated alkanes) is 1. The fourth-order valence-electron chi connectivity index (χ4n) is 1.14. The van der Waals surface area contributed by atoms with Gasteiger partial charge in [0.2, 0.25) is 0 Å². The van der Waals surface area contributed by atoms with Gasteiger partial charge in [-0.15, -0.1) is 0 Å². The molecule has 1 heterocycles. The molecule has 0 radical (unpaired) electrons. The molecule has 0 saturated carbocycles. The van der Waals surface area contributed by atoms with Crippen LogP contribution in [0.4, 0.5) is 0 Å². The monoisotopic (exact) mass is 146 g/mol. The van der Waals surface area contributed by atoms with E-state index in [0.717, 1.165) is 17.4 Å². The number of hydrogen-bond donors (Lipinski definition) is 0. The quantitative estimate of drug-likeness (QED) is 0.590. The molecule has 1 fully saturated rings. The maximum absolute atomic E-state index is 10.6. The van der Waals surface area contributed by atoms with E-state index in [9.17, 15) is 4.21 Å². The molecule has 0 aromatic rings. The Balaban J connectivity index is 1.97. The summed E-state index contributed by atoms with van der Waals surface area (Å²) in [6, 6.07) is 0. The van der Waals surface area contributed by atoms with Crippen molar-refractivity contribution in [2.24, 2.45) is 5.92 Å². The van der Waals surface area contributed by atoms with Crippen molar-refractivity contribution in [2.75, 3.05) is 11.5 Å². The molecule has 0 amide bonds.